The maximum absolute atomic E-state index is 12.8. The molecule has 0 saturated heterocycles. The molecule has 0 unspecified atom stereocenters. The minimum absolute atomic E-state index is 0.0805. The van der Waals surface area contributed by atoms with Crippen LogP contribution in [0, 0.1) is 13.8 Å². The van der Waals surface area contributed by atoms with E-state index in [0.29, 0.717) is 18.1 Å². The van der Waals surface area contributed by atoms with Crippen molar-refractivity contribution in [1.82, 2.24) is 29.8 Å². The number of fused-ring (bicyclic) bond motifs is 1. The van der Waals surface area contributed by atoms with E-state index in [1.165, 1.54) is 0 Å². The van der Waals surface area contributed by atoms with Gasteiger partial charge in [0.2, 0.25) is 0 Å². The zero-order valence-corrected chi connectivity index (χ0v) is 12.7. The van der Waals surface area contributed by atoms with Gasteiger partial charge in [-0.15, -0.1) is 5.10 Å². The number of aryl methyl sites for hydroxylation is 2. The van der Waals surface area contributed by atoms with Gasteiger partial charge in [0.15, 0.2) is 0 Å². The van der Waals surface area contributed by atoms with Crippen molar-refractivity contribution < 1.29 is 13.2 Å². The lowest BCUT2D eigenvalue weighted by atomic mass is 10.2. The normalized spacial score (nSPS) is 12.1. The maximum Gasteiger partial charge on any atom is 0.453 e. The van der Waals surface area contributed by atoms with Crippen molar-refractivity contribution in [3.05, 3.63) is 35.0 Å². The molecule has 10 heteroatoms. The Bertz CT molecular complexity index is 849. The van der Waals surface area contributed by atoms with E-state index < -0.39 is 12.0 Å². The summed E-state index contributed by atoms with van der Waals surface area (Å²) in [5.41, 5.74) is 2.39. The lowest BCUT2D eigenvalue weighted by molar-refractivity contribution is -0.144. The van der Waals surface area contributed by atoms with Crippen molar-refractivity contribution in [3.63, 3.8) is 0 Å². The van der Waals surface area contributed by atoms with Crippen LogP contribution in [-0.4, -0.2) is 36.8 Å². The molecule has 0 atom stereocenters. The van der Waals surface area contributed by atoms with E-state index >= 15 is 0 Å². The van der Waals surface area contributed by atoms with Crippen molar-refractivity contribution in [2.24, 2.45) is 0 Å². The molecule has 0 aliphatic heterocycles. The van der Waals surface area contributed by atoms with E-state index in [0.717, 1.165) is 15.8 Å². The molecule has 0 bridgehead atoms. The molecule has 3 heterocycles. The molecule has 3 aromatic rings. The molecule has 0 aromatic carbocycles. The summed E-state index contributed by atoms with van der Waals surface area (Å²) in [5.74, 6) is -0.816. The van der Waals surface area contributed by atoms with Gasteiger partial charge >= 0.3 is 6.18 Å². The predicted octanol–water partition coefficient (Wildman–Crippen LogP) is 2.12. The van der Waals surface area contributed by atoms with Gasteiger partial charge in [0.05, 0.1) is 6.20 Å². The molecule has 0 amide bonds. The first-order valence-electron chi connectivity index (χ1n) is 6.77. The predicted molar refractivity (Wildman–Crippen MR) is 76.0 cm³/mol. The standard InChI is InChI=1S/C13H14F3N7/c1-7-4-10(22(3)6-9-5-17-20-8(9)2)23-12(18-7)19-11(21-23)13(14,15)16/h4-5H,6H2,1-3H3,(H,17,20). The highest BCUT2D eigenvalue weighted by Gasteiger charge is 2.37. The molecule has 0 spiro atoms. The molecule has 7 nitrogen and oxygen atoms in total. The molecule has 0 radical (unpaired) electrons. The number of anilines is 1. The monoisotopic (exact) mass is 325 g/mol. The molecular weight excluding hydrogens is 311 g/mol. The van der Waals surface area contributed by atoms with Gasteiger partial charge in [0.1, 0.15) is 5.82 Å². The number of rotatable bonds is 3. The van der Waals surface area contributed by atoms with E-state index in [1.807, 2.05) is 6.92 Å². The first kappa shape index (κ1) is 15.3. The fraction of sp³-hybridized carbons (Fsp3) is 0.385. The molecule has 3 aromatic heterocycles. The molecular formula is C13H14F3N7. The second kappa shape index (κ2) is 5.21. The van der Waals surface area contributed by atoms with Crippen molar-refractivity contribution >= 4 is 11.6 Å². The molecule has 122 valence electrons. The first-order chi connectivity index (χ1) is 10.8. The van der Waals surface area contributed by atoms with E-state index in [4.69, 9.17) is 0 Å². The fourth-order valence-electron chi connectivity index (χ4n) is 2.23. The summed E-state index contributed by atoms with van der Waals surface area (Å²) >= 11 is 0. The number of H-pyrrole nitrogens is 1. The zero-order valence-electron chi connectivity index (χ0n) is 12.7. The van der Waals surface area contributed by atoms with Crippen LogP contribution in [0.25, 0.3) is 5.78 Å². The van der Waals surface area contributed by atoms with Crippen molar-refractivity contribution in [3.8, 4) is 0 Å². The lowest BCUT2D eigenvalue weighted by Crippen LogP contribution is -2.20. The van der Waals surface area contributed by atoms with Crippen LogP contribution in [0.1, 0.15) is 22.8 Å². The number of halogens is 3. The summed E-state index contributed by atoms with van der Waals surface area (Å²) in [6.45, 7) is 4.03. The molecule has 0 aliphatic carbocycles. The highest BCUT2D eigenvalue weighted by Crippen LogP contribution is 2.27. The van der Waals surface area contributed by atoms with Gasteiger partial charge in [-0.1, -0.05) is 0 Å². The Hall–Kier alpha value is -2.65. The number of aromatic nitrogens is 6. The van der Waals surface area contributed by atoms with Crippen LogP contribution in [-0.2, 0) is 12.7 Å². The van der Waals surface area contributed by atoms with Gasteiger partial charge in [-0.2, -0.15) is 27.8 Å². The smallest absolute Gasteiger partial charge is 0.355 e. The summed E-state index contributed by atoms with van der Waals surface area (Å²) in [7, 11) is 1.76. The Balaban J connectivity index is 2.05. The number of alkyl halides is 3. The van der Waals surface area contributed by atoms with Crippen molar-refractivity contribution in [1.29, 1.82) is 0 Å². The average Bonchev–Trinajstić information content (AvgIpc) is 3.04. The summed E-state index contributed by atoms with van der Waals surface area (Å²) < 4.78 is 39.6. The van der Waals surface area contributed by atoms with Gasteiger partial charge in [-0.3, -0.25) is 5.10 Å². The summed E-state index contributed by atoms with van der Waals surface area (Å²) in [6.07, 6.45) is -2.93. The Labute approximate surface area is 129 Å². The molecule has 1 N–H and O–H groups in total. The van der Waals surface area contributed by atoms with Crippen LogP contribution in [0.15, 0.2) is 12.3 Å². The van der Waals surface area contributed by atoms with Gasteiger partial charge in [0, 0.05) is 36.6 Å². The Kier molecular flexibility index (Phi) is 3.46. The minimum Gasteiger partial charge on any atom is -0.355 e. The highest BCUT2D eigenvalue weighted by molar-refractivity contribution is 5.47. The highest BCUT2D eigenvalue weighted by atomic mass is 19.4. The SMILES string of the molecule is Cc1cc(N(C)Cc2cn[nH]c2C)n2nc(C(F)(F)F)nc2n1. The van der Waals surface area contributed by atoms with Crippen molar-refractivity contribution in [2.75, 3.05) is 11.9 Å². The molecule has 0 fully saturated rings. The number of hydrogen-bond donors (Lipinski definition) is 1. The van der Waals surface area contributed by atoms with Crippen LogP contribution in [0.4, 0.5) is 19.0 Å². The van der Waals surface area contributed by atoms with Gasteiger partial charge in [0.25, 0.3) is 11.6 Å². The van der Waals surface area contributed by atoms with Crippen molar-refractivity contribution in [2.45, 2.75) is 26.6 Å². The third kappa shape index (κ3) is 2.83. The van der Waals surface area contributed by atoms with Gasteiger partial charge in [-0.05, 0) is 13.8 Å². The largest absolute Gasteiger partial charge is 0.453 e. The van der Waals surface area contributed by atoms with E-state index in [1.54, 1.807) is 31.1 Å². The van der Waals surface area contributed by atoms with Crippen LogP contribution < -0.4 is 4.90 Å². The molecule has 0 saturated carbocycles. The Morgan fingerprint density at radius 2 is 2.00 bits per heavy atom. The number of nitrogens with zero attached hydrogens (tertiary/aromatic N) is 6. The zero-order chi connectivity index (χ0) is 16.8. The van der Waals surface area contributed by atoms with Crippen LogP contribution in [0.2, 0.25) is 0 Å². The summed E-state index contributed by atoms with van der Waals surface area (Å²) in [5, 5.41) is 10.3. The van der Waals surface area contributed by atoms with E-state index in [2.05, 4.69) is 25.3 Å². The number of hydrogen-bond acceptors (Lipinski definition) is 5. The third-order valence-electron chi connectivity index (χ3n) is 3.41. The second-order valence-corrected chi connectivity index (χ2v) is 5.28. The Morgan fingerprint density at radius 3 is 2.61 bits per heavy atom. The number of aromatic amines is 1. The first-order valence-corrected chi connectivity index (χ1v) is 6.77. The maximum atomic E-state index is 12.8. The lowest BCUT2D eigenvalue weighted by Gasteiger charge is -2.19. The fourth-order valence-corrected chi connectivity index (χ4v) is 2.23. The van der Waals surface area contributed by atoms with E-state index in [9.17, 15) is 13.2 Å². The average molecular weight is 325 g/mol. The van der Waals surface area contributed by atoms with E-state index in [-0.39, 0.29) is 5.78 Å². The topological polar surface area (TPSA) is 75.0 Å². The quantitative estimate of drug-likeness (QED) is 0.798. The van der Waals surface area contributed by atoms with Gasteiger partial charge in [-0.25, -0.2) is 4.98 Å². The minimum atomic E-state index is -4.61. The van der Waals surface area contributed by atoms with Gasteiger partial charge < -0.3 is 4.90 Å². The molecule has 0 aliphatic rings. The van der Waals surface area contributed by atoms with Crippen LogP contribution in [0.3, 0.4) is 0 Å². The summed E-state index contributed by atoms with van der Waals surface area (Å²) in [6, 6.07) is 1.66. The molecule has 23 heavy (non-hydrogen) atoms. The van der Waals surface area contributed by atoms with Crippen LogP contribution >= 0.6 is 0 Å². The third-order valence-corrected chi connectivity index (χ3v) is 3.41. The molecule has 3 rings (SSSR count). The van der Waals surface area contributed by atoms with Crippen LogP contribution in [0.5, 0.6) is 0 Å². The second-order valence-electron chi connectivity index (χ2n) is 5.28. The Morgan fingerprint density at radius 1 is 1.26 bits per heavy atom. The number of nitrogens with one attached hydrogen (secondary N) is 1. The summed E-state index contributed by atoms with van der Waals surface area (Å²) in [4.78, 5) is 9.26.